The van der Waals surface area contributed by atoms with Crippen LogP contribution in [-0.2, 0) is 11.2 Å². The van der Waals surface area contributed by atoms with E-state index in [9.17, 15) is 4.79 Å². The molecule has 0 unspecified atom stereocenters. The highest BCUT2D eigenvalue weighted by molar-refractivity contribution is 6.35. The number of aryl methyl sites for hydroxylation is 1. The normalized spacial score (nSPS) is 10.4. The Labute approximate surface area is 161 Å². The van der Waals surface area contributed by atoms with Gasteiger partial charge in [-0.2, -0.15) is 0 Å². The average molecular weight is 387 g/mol. The Morgan fingerprint density at radius 3 is 2.54 bits per heavy atom. The molecule has 2 aromatic carbocycles. The second-order valence-corrected chi connectivity index (χ2v) is 6.42. The molecule has 0 aliphatic rings. The van der Waals surface area contributed by atoms with E-state index >= 15 is 0 Å². The van der Waals surface area contributed by atoms with E-state index in [-0.39, 0.29) is 11.8 Å². The number of anilines is 1. The van der Waals surface area contributed by atoms with E-state index in [0.717, 1.165) is 5.56 Å². The number of benzene rings is 2. The quantitative estimate of drug-likeness (QED) is 0.586. The molecule has 0 spiro atoms. The monoisotopic (exact) mass is 386 g/mol. The summed E-state index contributed by atoms with van der Waals surface area (Å²) in [4.78, 5) is 16.3. The fraction of sp³-hybridized carbons (Fsp3) is 0.100. The zero-order valence-electron chi connectivity index (χ0n) is 13.8. The Bertz CT molecular complexity index is 901. The first-order valence-electron chi connectivity index (χ1n) is 8.03. The van der Waals surface area contributed by atoms with Crippen LogP contribution in [0, 0.1) is 0 Å². The molecule has 4 nitrogen and oxygen atoms in total. The number of para-hydroxylation sites is 2. The number of ether oxygens (including phenoxy) is 1. The Kier molecular flexibility index (Phi) is 6.10. The number of amides is 1. The summed E-state index contributed by atoms with van der Waals surface area (Å²) in [5.41, 5.74) is 1.67. The van der Waals surface area contributed by atoms with Gasteiger partial charge >= 0.3 is 0 Å². The molecule has 1 heterocycles. The fourth-order valence-electron chi connectivity index (χ4n) is 2.36. The molecule has 0 saturated carbocycles. The van der Waals surface area contributed by atoms with Gasteiger partial charge < -0.3 is 10.1 Å². The van der Waals surface area contributed by atoms with Gasteiger partial charge in [0, 0.05) is 12.6 Å². The molecule has 6 heteroatoms. The molecule has 1 N–H and O–H groups in total. The lowest BCUT2D eigenvalue weighted by Crippen LogP contribution is -2.13. The third-order valence-electron chi connectivity index (χ3n) is 3.63. The van der Waals surface area contributed by atoms with Gasteiger partial charge in [-0.3, -0.25) is 4.79 Å². The van der Waals surface area contributed by atoms with Crippen molar-refractivity contribution in [2.45, 2.75) is 12.8 Å². The van der Waals surface area contributed by atoms with E-state index in [1.54, 1.807) is 24.3 Å². The van der Waals surface area contributed by atoms with Crippen molar-refractivity contribution in [3.8, 4) is 11.6 Å². The van der Waals surface area contributed by atoms with Gasteiger partial charge in [0.25, 0.3) is 0 Å². The number of hydrogen-bond acceptors (Lipinski definition) is 3. The van der Waals surface area contributed by atoms with Crippen molar-refractivity contribution in [2.75, 3.05) is 5.32 Å². The summed E-state index contributed by atoms with van der Waals surface area (Å²) in [7, 11) is 0. The van der Waals surface area contributed by atoms with Crippen molar-refractivity contribution in [2.24, 2.45) is 0 Å². The lowest BCUT2D eigenvalue weighted by molar-refractivity contribution is -0.116. The summed E-state index contributed by atoms with van der Waals surface area (Å²) in [6.07, 6.45) is 2.49. The second kappa shape index (κ2) is 8.70. The lowest BCUT2D eigenvalue weighted by Gasteiger charge is -2.12. The maximum Gasteiger partial charge on any atom is 0.238 e. The van der Waals surface area contributed by atoms with E-state index in [1.807, 2.05) is 36.4 Å². The molecule has 0 aliphatic carbocycles. The van der Waals surface area contributed by atoms with Crippen molar-refractivity contribution >= 4 is 34.8 Å². The third-order valence-corrected chi connectivity index (χ3v) is 4.10. The lowest BCUT2D eigenvalue weighted by atomic mass is 10.1. The van der Waals surface area contributed by atoms with Crippen molar-refractivity contribution in [1.82, 2.24) is 4.98 Å². The topological polar surface area (TPSA) is 51.2 Å². The molecule has 3 rings (SSSR count). The summed E-state index contributed by atoms with van der Waals surface area (Å²) in [6, 6.07) is 18.5. The molecule has 3 aromatic rings. The van der Waals surface area contributed by atoms with Crippen molar-refractivity contribution in [1.29, 1.82) is 0 Å². The van der Waals surface area contributed by atoms with Crippen LogP contribution in [0.1, 0.15) is 12.0 Å². The van der Waals surface area contributed by atoms with Crippen LogP contribution in [0.3, 0.4) is 0 Å². The number of carbonyl (C=O) groups excluding carboxylic acids is 1. The summed E-state index contributed by atoms with van der Waals surface area (Å²) in [6.45, 7) is 0. The Morgan fingerprint density at radius 2 is 1.77 bits per heavy atom. The van der Waals surface area contributed by atoms with Crippen LogP contribution in [0.5, 0.6) is 11.6 Å². The van der Waals surface area contributed by atoms with Crippen molar-refractivity contribution < 1.29 is 9.53 Å². The molecular formula is C20H16Cl2N2O2. The van der Waals surface area contributed by atoms with Gasteiger partial charge in [0.15, 0.2) is 5.75 Å². The number of hydrogen-bond donors (Lipinski definition) is 1. The smallest absolute Gasteiger partial charge is 0.238 e. The first kappa shape index (κ1) is 18.2. The van der Waals surface area contributed by atoms with Crippen LogP contribution in [0.2, 0.25) is 10.0 Å². The van der Waals surface area contributed by atoms with Gasteiger partial charge in [-0.15, -0.1) is 0 Å². The maximum absolute atomic E-state index is 12.3. The van der Waals surface area contributed by atoms with Gasteiger partial charge in [-0.05, 0) is 30.2 Å². The number of nitrogens with zero attached hydrogens (tertiary/aromatic N) is 1. The summed E-state index contributed by atoms with van der Waals surface area (Å²) >= 11 is 11.9. The Hall–Kier alpha value is -2.56. The third kappa shape index (κ3) is 4.97. The average Bonchev–Trinajstić information content (AvgIpc) is 2.65. The molecule has 0 aliphatic heterocycles. The number of pyridine rings is 1. The predicted octanol–water partition coefficient (Wildman–Crippen LogP) is 5.75. The van der Waals surface area contributed by atoms with Gasteiger partial charge in [-0.25, -0.2) is 4.98 Å². The number of halogens is 2. The highest BCUT2D eigenvalue weighted by Crippen LogP contribution is 2.33. The van der Waals surface area contributed by atoms with Gasteiger partial charge in [0.1, 0.15) is 5.02 Å². The molecule has 1 amide bonds. The van der Waals surface area contributed by atoms with Crippen LogP contribution in [0.25, 0.3) is 0 Å². The molecule has 0 fully saturated rings. The van der Waals surface area contributed by atoms with E-state index < -0.39 is 0 Å². The van der Waals surface area contributed by atoms with Crippen molar-refractivity contribution in [3.05, 3.63) is 82.5 Å². The molecule has 0 saturated heterocycles. The minimum absolute atomic E-state index is 0.0972. The molecule has 0 radical (unpaired) electrons. The largest absolute Gasteiger partial charge is 0.435 e. The first-order chi connectivity index (χ1) is 12.6. The fourth-order valence-corrected chi connectivity index (χ4v) is 2.77. The molecule has 132 valence electrons. The van der Waals surface area contributed by atoms with E-state index in [2.05, 4.69) is 10.3 Å². The standard InChI is InChI=1S/C20H16Cl2N2O2/c21-15-12-16(22)20(23-13-15)26-18-9-5-4-8-17(18)24-19(25)11-10-14-6-2-1-3-7-14/h1-9,12-13H,10-11H2,(H,24,25). The zero-order chi connectivity index (χ0) is 18.4. The van der Waals surface area contributed by atoms with Crippen molar-refractivity contribution in [3.63, 3.8) is 0 Å². The predicted molar refractivity (Wildman–Crippen MR) is 104 cm³/mol. The van der Waals surface area contributed by atoms with Crippen LogP contribution in [0.4, 0.5) is 5.69 Å². The van der Waals surface area contributed by atoms with Gasteiger partial charge in [0.05, 0.1) is 10.7 Å². The minimum Gasteiger partial charge on any atom is -0.435 e. The SMILES string of the molecule is O=C(CCc1ccccc1)Nc1ccccc1Oc1ncc(Cl)cc1Cl. The minimum atomic E-state index is -0.0972. The highest BCUT2D eigenvalue weighted by atomic mass is 35.5. The summed E-state index contributed by atoms with van der Waals surface area (Å²) in [5, 5.41) is 3.59. The number of rotatable bonds is 6. The number of carbonyl (C=O) groups is 1. The van der Waals surface area contributed by atoms with Crippen LogP contribution < -0.4 is 10.1 Å². The van der Waals surface area contributed by atoms with E-state index in [4.69, 9.17) is 27.9 Å². The Balaban J connectivity index is 1.67. The molecule has 0 atom stereocenters. The molecule has 26 heavy (non-hydrogen) atoms. The van der Waals surface area contributed by atoms with E-state index in [1.165, 1.54) is 6.20 Å². The van der Waals surface area contributed by atoms with E-state index in [0.29, 0.717) is 34.3 Å². The second-order valence-electron chi connectivity index (χ2n) is 5.57. The number of nitrogens with one attached hydrogen (secondary N) is 1. The maximum atomic E-state index is 12.3. The zero-order valence-corrected chi connectivity index (χ0v) is 15.3. The van der Waals surface area contributed by atoms with Crippen LogP contribution >= 0.6 is 23.2 Å². The van der Waals surface area contributed by atoms with Gasteiger partial charge in [0.2, 0.25) is 11.8 Å². The highest BCUT2D eigenvalue weighted by Gasteiger charge is 2.11. The van der Waals surface area contributed by atoms with Gasteiger partial charge in [-0.1, -0.05) is 65.7 Å². The molecular weight excluding hydrogens is 371 g/mol. The molecule has 1 aromatic heterocycles. The summed E-state index contributed by atoms with van der Waals surface area (Å²) < 4.78 is 5.74. The summed E-state index contributed by atoms with van der Waals surface area (Å²) in [5.74, 6) is 0.583. The molecule has 0 bridgehead atoms. The first-order valence-corrected chi connectivity index (χ1v) is 8.79. The van der Waals surface area contributed by atoms with Crippen LogP contribution in [0.15, 0.2) is 66.9 Å². The Morgan fingerprint density at radius 1 is 1.04 bits per heavy atom. The number of aromatic nitrogens is 1. The van der Waals surface area contributed by atoms with Crippen LogP contribution in [-0.4, -0.2) is 10.9 Å².